The molecule has 0 aliphatic carbocycles. The van der Waals surface area contributed by atoms with E-state index in [2.05, 4.69) is 15.2 Å². The largest absolute Gasteiger partial charge is 0.370 e. The smallest absolute Gasteiger partial charge is 0.252 e. The number of nitrogens with one attached hydrogen (secondary N) is 1. The topological polar surface area (TPSA) is 71.2 Å². The molecule has 0 bridgehead atoms. The Morgan fingerprint density at radius 3 is 2.58 bits per heavy atom. The highest BCUT2D eigenvalue weighted by Gasteiger charge is 2.37. The van der Waals surface area contributed by atoms with Gasteiger partial charge >= 0.3 is 0 Å². The van der Waals surface area contributed by atoms with Crippen LogP contribution in [0.3, 0.4) is 0 Å². The molecule has 0 saturated carbocycles. The zero-order valence-corrected chi connectivity index (χ0v) is 11.4. The van der Waals surface area contributed by atoms with Gasteiger partial charge in [-0.2, -0.15) is 0 Å². The zero-order chi connectivity index (χ0) is 13.6. The molecule has 3 heterocycles. The van der Waals surface area contributed by atoms with E-state index in [1.807, 2.05) is 19.9 Å². The molecular weight excluding hydrogens is 240 g/mol. The van der Waals surface area contributed by atoms with Crippen molar-refractivity contribution in [2.24, 2.45) is 17.6 Å². The Bertz CT molecular complexity index is 516. The molecule has 1 aromatic rings. The number of primary amides is 1. The zero-order valence-electron chi connectivity index (χ0n) is 11.4. The van der Waals surface area contributed by atoms with Crippen molar-refractivity contribution in [1.82, 2.24) is 10.3 Å². The van der Waals surface area contributed by atoms with E-state index in [1.165, 1.54) is 0 Å². The number of nitrogens with two attached hydrogens (primary N) is 1. The van der Waals surface area contributed by atoms with E-state index in [0.717, 1.165) is 43.3 Å². The van der Waals surface area contributed by atoms with Crippen LogP contribution in [-0.2, 0) is 0 Å². The minimum absolute atomic E-state index is 0.379. The molecular formula is C14H20N4O. The number of carbonyl (C=O) groups excluding carboxylic acids is 1. The lowest BCUT2D eigenvalue weighted by molar-refractivity contribution is 0.1000. The maximum Gasteiger partial charge on any atom is 0.252 e. The van der Waals surface area contributed by atoms with Gasteiger partial charge in [0.1, 0.15) is 0 Å². The maximum atomic E-state index is 11.7. The number of nitrogens with zero attached hydrogens (tertiary/aromatic N) is 2. The standard InChI is InChI=1S/C14H20N4O/c1-8-3-12(13(14(15)19)9(2)17-8)18-6-10-4-16-5-11(10)7-18/h3,10-11,16H,4-7H2,1-2H3,(H2,15,19)/t10-,11+. The van der Waals surface area contributed by atoms with Crippen LogP contribution in [0.5, 0.6) is 0 Å². The van der Waals surface area contributed by atoms with Gasteiger partial charge in [-0.25, -0.2) is 0 Å². The first-order valence-corrected chi connectivity index (χ1v) is 6.80. The van der Waals surface area contributed by atoms with Gasteiger partial charge in [0.05, 0.1) is 16.9 Å². The summed E-state index contributed by atoms with van der Waals surface area (Å²) < 4.78 is 0. The predicted octanol–water partition coefficient (Wildman–Crippen LogP) is 0.453. The third kappa shape index (κ3) is 2.08. The van der Waals surface area contributed by atoms with Crippen molar-refractivity contribution in [2.75, 3.05) is 31.1 Å². The van der Waals surface area contributed by atoms with Gasteiger partial charge in [-0.05, 0) is 31.7 Å². The molecule has 2 fully saturated rings. The summed E-state index contributed by atoms with van der Waals surface area (Å²) in [4.78, 5) is 18.4. The van der Waals surface area contributed by atoms with Crippen LogP contribution in [0.4, 0.5) is 5.69 Å². The quantitative estimate of drug-likeness (QED) is 0.810. The number of amides is 1. The molecule has 0 unspecified atom stereocenters. The number of aryl methyl sites for hydroxylation is 2. The first kappa shape index (κ1) is 12.4. The van der Waals surface area contributed by atoms with Crippen LogP contribution in [0.25, 0.3) is 0 Å². The minimum atomic E-state index is -0.379. The number of rotatable bonds is 2. The first-order chi connectivity index (χ1) is 9.06. The van der Waals surface area contributed by atoms with E-state index in [1.54, 1.807) is 0 Å². The first-order valence-electron chi connectivity index (χ1n) is 6.80. The molecule has 2 aliphatic rings. The van der Waals surface area contributed by atoms with Crippen LogP contribution in [0.2, 0.25) is 0 Å². The summed E-state index contributed by atoms with van der Waals surface area (Å²) in [5.74, 6) is 0.999. The van der Waals surface area contributed by atoms with E-state index >= 15 is 0 Å². The van der Waals surface area contributed by atoms with Crippen molar-refractivity contribution in [3.63, 3.8) is 0 Å². The van der Waals surface area contributed by atoms with Gasteiger partial charge in [-0.1, -0.05) is 0 Å². The Labute approximate surface area is 113 Å². The Morgan fingerprint density at radius 2 is 2.00 bits per heavy atom. The van der Waals surface area contributed by atoms with Crippen molar-refractivity contribution >= 4 is 11.6 Å². The summed E-state index contributed by atoms with van der Waals surface area (Å²) in [6.45, 7) is 7.97. The van der Waals surface area contributed by atoms with Crippen LogP contribution in [0, 0.1) is 25.7 Å². The highest BCUT2D eigenvalue weighted by molar-refractivity contribution is 5.99. The second kappa shape index (κ2) is 4.49. The molecule has 3 N–H and O–H groups in total. The Hall–Kier alpha value is -1.62. The third-order valence-electron chi connectivity index (χ3n) is 4.28. The molecule has 5 nitrogen and oxygen atoms in total. The molecule has 1 amide bonds. The average Bonchev–Trinajstić information content (AvgIpc) is 2.86. The molecule has 19 heavy (non-hydrogen) atoms. The van der Waals surface area contributed by atoms with Crippen LogP contribution >= 0.6 is 0 Å². The number of anilines is 1. The van der Waals surface area contributed by atoms with Crippen LogP contribution in [0.1, 0.15) is 21.7 Å². The lowest BCUT2D eigenvalue weighted by Gasteiger charge is -2.23. The second-order valence-electron chi connectivity index (χ2n) is 5.69. The van der Waals surface area contributed by atoms with E-state index < -0.39 is 0 Å². The normalized spacial score (nSPS) is 25.7. The fourth-order valence-electron chi connectivity index (χ4n) is 3.41. The lowest BCUT2D eigenvalue weighted by atomic mass is 10.0. The summed E-state index contributed by atoms with van der Waals surface area (Å²) in [6.07, 6.45) is 0. The lowest BCUT2D eigenvalue weighted by Crippen LogP contribution is -2.28. The molecule has 102 valence electrons. The van der Waals surface area contributed by atoms with Gasteiger partial charge in [-0.15, -0.1) is 0 Å². The molecule has 0 radical (unpaired) electrons. The van der Waals surface area contributed by atoms with Gasteiger partial charge in [-0.3, -0.25) is 9.78 Å². The van der Waals surface area contributed by atoms with Crippen LogP contribution < -0.4 is 16.0 Å². The molecule has 0 aromatic carbocycles. The fraction of sp³-hybridized carbons (Fsp3) is 0.571. The summed E-state index contributed by atoms with van der Waals surface area (Å²) in [7, 11) is 0. The van der Waals surface area contributed by atoms with Crippen molar-refractivity contribution in [1.29, 1.82) is 0 Å². The molecule has 5 heteroatoms. The number of carbonyl (C=O) groups is 1. The Morgan fingerprint density at radius 1 is 1.37 bits per heavy atom. The summed E-state index contributed by atoms with van der Waals surface area (Å²) in [5.41, 5.74) is 8.75. The number of fused-ring (bicyclic) bond motifs is 1. The summed E-state index contributed by atoms with van der Waals surface area (Å²) in [5, 5.41) is 3.43. The van der Waals surface area contributed by atoms with E-state index in [4.69, 9.17) is 5.73 Å². The molecule has 1 aromatic heterocycles. The number of aromatic nitrogens is 1. The van der Waals surface area contributed by atoms with E-state index in [0.29, 0.717) is 17.4 Å². The van der Waals surface area contributed by atoms with Crippen molar-refractivity contribution < 1.29 is 4.79 Å². The van der Waals surface area contributed by atoms with Crippen LogP contribution in [0.15, 0.2) is 6.07 Å². The minimum Gasteiger partial charge on any atom is -0.370 e. The monoisotopic (exact) mass is 260 g/mol. The highest BCUT2D eigenvalue weighted by atomic mass is 16.1. The maximum absolute atomic E-state index is 11.7. The highest BCUT2D eigenvalue weighted by Crippen LogP contribution is 2.33. The van der Waals surface area contributed by atoms with E-state index in [-0.39, 0.29) is 5.91 Å². The average molecular weight is 260 g/mol. The van der Waals surface area contributed by atoms with E-state index in [9.17, 15) is 4.79 Å². The van der Waals surface area contributed by atoms with Crippen molar-refractivity contribution in [2.45, 2.75) is 13.8 Å². The fourth-order valence-corrected chi connectivity index (χ4v) is 3.41. The van der Waals surface area contributed by atoms with Crippen molar-refractivity contribution in [3.05, 3.63) is 23.0 Å². The van der Waals surface area contributed by atoms with Crippen molar-refractivity contribution in [3.8, 4) is 0 Å². The van der Waals surface area contributed by atoms with Gasteiger partial charge in [0.25, 0.3) is 5.91 Å². The van der Waals surface area contributed by atoms with Gasteiger partial charge in [0.15, 0.2) is 0 Å². The molecule has 0 spiro atoms. The third-order valence-corrected chi connectivity index (χ3v) is 4.28. The second-order valence-corrected chi connectivity index (χ2v) is 5.69. The number of hydrogen-bond donors (Lipinski definition) is 2. The summed E-state index contributed by atoms with van der Waals surface area (Å²) in [6, 6.07) is 1.99. The summed E-state index contributed by atoms with van der Waals surface area (Å²) >= 11 is 0. The Balaban J connectivity index is 1.98. The molecule has 2 aliphatic heterocycles. The molecule has 2 atom stereocenters. The van der Waals surface area contributed by atoms with Gasteiger partial charge < -0.3 is 16.0 Å². The molecule has 2 saturated heterocycles. The number of hydrogen-bond acceptors (Lipinski definition) is 4. The number of pyridine rings is 1. The van der Waals surface area contributed by atoms with Crippen LogP contribution in [-0.4, -0.2) is 37.1 Å². The van der Waals surface area contributed by atoms with Gasteiger partial charge in [0, 0.05) is 31.9 Å². The Kier molecular flexibility index (Phi) is 2.93. The van der Waals surface area contributed by atoms with Gasteiger partial charge in [0.2, 0.25) is 0 Å². The SMILES string of the molecule is Cc1cc(N2C[C@H]3CNC[C@H]3C2)c(C(N)=O)c(C)n1. The predicted molar refractivity (Wildman–Crippen MR) is 74.3 cm³/mol. The molecule has 3 rings (SSSR count).